The quantitative estimate of drug-likeness (QED) is 0.376. The van der Waals surface area contributed by atoms with Gasteiger partial charge in [0.1, 0.15) is 0 Å². The van der Waals surface area contributed by atoms with E-state index in [1.54, 1.807) is 0 Å². The standard InChI is InChI=1S/C5H11Cl3Si/c1-5(9(7)8)3-2-4-6/h5,9H,2-4H2,1H3. The molecule has 0 bridgehead atoms. The number of rotatable bonds is 4. The fraction of sp³-hybridized carbons (Fsp3) is 1.00. The molecule has 0 radical (unpaired) electrons. The molecule has 0 aromatic rings. The fourth-order valence-electron chi connectivity index (χ4n) is 0.525. The molecule has 0 aromatic heterocycles. The topological polar surface area (TPSA) is 0 Å². The predicted octanol–water partition coefficient (Wildman–Crippen LogP) is 3.09. The van der Waals surface area contributed by atoms with E-state index in [4.69, 9.17) is 33.8 Å². The number of halogens is 3. The summed E-state index contributed by atoms with van der Waals surface area (Å²) in [6.45, 7) is 2.09. The van der Waals surface area contributed by atoms with E-state index in [0.29, 0.717) is 5.54 Å². The van der Waals surface area contributed by atoms with Crippen molar-refractivity contribution in [2.45, 2.75) is 25.3 Å². The van der Waals surface area contributed by atoms with Gasteiger partial charge in [-0.3, -0.25) is 0 Å². The minimum atomic E-state index is -1.41. The van der Waals surface area contributed by atoms with Gasteiger partial charge in [0.15, 0.2) is 0 Å². The van der Waals surface area contributed by atoms with Gasteiger partial charge in [-0.1, -0.05) is 6.92 Å². The number of hydrogen-bond acceptors (Lipinski definition) is 0. The molecule has 0 heterocycles. The van der Waals surface area contributed by atoms with Crippen molar-refractivity contribution in [3.05, 3.63) is 0 Å². The van der Waals surface area contributed by atoms with E-state index in [1.165, 1.54) is 0 Å². The highest BCUT2D eigenvalue weighted by molar-refractivity contribution is 7.34. The van der Waals surface area contributed by atoms with E-state index in [-0.39, 0.29) is 0 Å². The lowest BCUT2D eigenvalue weighted by Crippen LogP contribution is -2.02. The van der Waals surface area contributed by atoms with E-state index in [9.17, 15) is 0 Å². The fourth-order valence-corrected chi connectivity index (χ4v) is 1.92. The molecule has 0 saturated heterocycles. The van der Waals surface area contributed by atoms with Gasteiger partial charge in [-0.25, -0.2) is 0 Å². The first kappa shape index (κ1) is 10.1. The molecule has 4 heteroatoms. The number of alkyl halides is 1. The molecule has 0 spiro atoms. The Bertz CT molecular complexity index is 67.2. The third kappa shape index (κ3) is 5.53. The zero-order valence-corrected chi connectivity index (χ0v) is 8.83. The first-order valence-electron chi connectivity index (χ1n) is 3.02. The zero-order chi connectivity index (χ0) is 7.28. The summed E-state index contributed by atoms with van der Waals surface area (Å²) in [7, 11) is -1.41. The first-order chi connectivity index (χ1) is 4.18. The highest BCUT2D eigenvalue weighted by Crippen LogP contribution is 2.21. The minimum absolute atomic E-state index is 0.507. The Morgan fingerprint density at radius 3 is 2.33 bits per heavy atom. The van der Waals surface area contributed by atoms with Crippen LogP contribution in [-0.4, -0.2) is 13.3 Å². The van der Waals surface area contributed by atoms with Crippen LogP contribution in [0.1, 0.15) is 19.8 Å². The monoisotopic (exact) mass is 204 g/mol. The molecule has 0 aliphatic rings. The molecule has 0 rings (SSSR count). The van der Waals surface area contributed by atoms with Crippen LogP contribution >= 0.6 is 33.8 Å². The molecular weight excluding hydrogens is 194 g/mol. The summed E-state index contributed by atoms with van der Waals surface area (Å²) in [6.07, 6.45) is 2.11. The second-order valence-corrected chi connectivity index (χ2v) is 7.82. The Morgan fingerprint density at radius 1 is 1.44 bits per heavy atom. The van der Waals surface area contributed by atoms with Crippen LogP contribution in [-0.2, 0) is 0 Å². The van der Waals surface area contributed by atoms with E-state index in [0.717, 1.165) is 18.7 Å². The van der Waals surface area contributed by atoms with E-state index in [1.807, 2.05) is 0 Å². The Balaban J connectivity index is 3.16. The van der Waals surface area contributed by atoms with Gasteiger partial charge in [0, 0.05) is 5.88 Å². The highest BCUT2D eigenvalue weighted by atomic mass is 35.7. The maximum Gasteiger partial charge on any atom is 0.239 e. The maximum atomic E-state index is 5.73. The lowest BCUT2D eigenvalue weighted by atomic mass is 10.3. The molecule has 0 aliphatic carbocycles. The van der Waals surface area contributed by atoms with Crippen molar-refractivity contribution in [2.24, 2.45) is 0 Å². The van der Waals surface area contributed by atoms with Crippen LogP contribution < -0.4 is 0 Å². The van der Waals surface area contributed by atoms with Crippen molar-refractivity contribution in [3.8, 4) is 0 Å². The first-order valence-corrected chi connectivity index (χ1v) is 7.72. The number of hydrogen-bond donors (Lipinski definition) is 0. The van der Waals surface area contributed by atoms with E-state index in [2.05, 4.69) is 6.92 Å². The van der Waals surface area contributed by atoms with Crippen molar-refractivity contribution in [2.75, 3.05) is 5.88 Å². The van der Waals surface area contributed by atoms with Crippen LogP contribution in [0.4, 0.5) is 0 Å². The van der Waals surface area contributed by atoms with Crippen LogP contribution in [0.25, 0.3) is 0 Å². The predicted molar refractivity (Wildman–Crippen MR) is 48.2 cm³/mol. The van der Waals surface area contributed by atoms with Gasteiger partial charge >= 0.3 is 0 Å². The summed E-state index contributed by atoms with van der Waals surface area (Å²) in [5.74, 6) is 0.721. The van der Waals surface area contributed by atoms with Crippen LogP contribution in [0.2, 0.25) is 5.54 Å². The molecule has 0 aliphatic heterocycles. The molecule has 0 amide bonds. The van der Waals surface area contributed by atoms with Crippen LogP contribution in [0.15, 0.2) is 0 Å². The van der Waals surface area contributed by atoms with Crippen molar-refractivity contribution < 1.29 is 0 Å². The molecule has 0 saturated carbocycles. The minimum Gasteiger partial charge on any atom is -0.150 e. The van der Waals surface area contributed by atoms with Crippen molar-refractivity contribution in [1.82, 2.24) is 0 Å². The summed E-state index contributed by atoms with van der Waals surface area (Å²) in [4.78, 5) is 0. The average Bonchev–Trinajstić information content (AvgIpc) is 1.82. The second kappa shape index (κ2) is 5.84. The summed E-state index contributed by atoms with van der Waals surface area (Å²) >= 11 is 16.9. The molecule has 1 unspecified atom stereocenters. The van der Waals surface area contributed by atoms with Gasteiger partial charge in [-0.15, -0.1) is 11.6 Å². The van der Waals surface area contributed by atoms with Crippen LogP contribution in [0.5, 0.6) is 0 Å². The Kier molecular flexibility index (Phi) is 6.55. The van der Waals surface area contributed by atoms with E-state index >= 15 is 0 Å². The molecular formula is C5H11Cl3Si. The van der Waals surface area contributed by atoms with Gasteiger partial charge in [0.25, 0.3) is 0 Å². The largest absolute Gasteiger partial charge is 0.239 e. The SMILES string of the molecule is CC(CCCCl)[SiH](Cl)Cl. The highest BCUT2D eigenvalue weighted by Gasteiger charge is 2.11. The van der Waals surface area contributed by atoms with Crippen LogP contribution in [0, 0.1) is 0 Å². The van der Waals surface area contributed by atoms with Gasteiger partial charge in [-0.2, -0.15) is 22.2 Å². The summed E-state index contributed by atoms with van der Waals surface area (Å²) in [5, 5.41) is 0. The average molecular weight is 206 g/mol. The summed E-state index contributed by atoms with van der Waals surface area (Å²) in [5.41, 5.74) is 0.507. The molecule has 0 fully saturated rings. The molecule has 0 nitrogen and oxygen atoms in total. The third-order valence-corrected chi connectivity index (χ3v) is 5.27. The van der Waals surface area contributed by atoms with Gasteiger partial charge in [0.05, 0.1) is 0 Å². The van der Waals surface area contributed by atoms with Crippen molar-refractivity contribution in [1.29, 1.82) is 0 Å². The lowest BCUT2D eigenvalue weighted by Gasteiger charge is -2.07. The molecule has 0 N–H and O–H groups in total. The molecule has 1 atom stereocenters. The van der Waals surface area contributed by atoms with Crippen LogP contribution in [0.3, 0.4) is 0 Å². The van der Waals surface area contributed by atoms with Gasteiger partial charge in [-0.05, 0) is 18.4 Å². The summed E-state index contributed by atoms with van der Waals surface area (Å²) in [6, 6.07) is 0. The smallest absolute Gasteiger partial charge is 0.150 e. The Morgan fingerprint density at radius 2 is 2.00 bits per heavy atom. The van der Waals surface area contributed by atoms with E-state index < -0.39 is 7.42 Å². The lowest BCUT2D eigenvalue weighted by molar-refractivity contribution is 0.769. The maximum absolute atomic E-state index is 5.73. The van der Waals surface area contributed by atoms with Gasteiger partial charge in [0.2, 0.25) is 7.42 Å². The van der Waals surface area contributed by atoms with Gasteiger partial charge < -0.3 is 0 Å². The third-order valence-electron chi connectivity index (χ3n) is 1.22. The molecule has 9 heavy (non-hydrogen) atoms. The van der Waals surface area contributed by atoms with Crippen molar-refractivity contribution >= 4 is 41.2 Å². The second-order valence-electron chi connectivity index (χ2n) is 2.14. The summed E-state index contributed by atoms with van der Waals surface area (Å²) < 4.78 is 0. The zero-order valence-electron chi connectivity index (χ0n) is 5.41. The molecule has 0 aromatic carbocycles. The molecule has 56 valence electrons. The normalized spacial score (nSPS) is 14.3. The Hall–Kier alpha value is 1.09. The van der Waals surface area contributed by atoms with Crippen molar-refractivity contribution in [3.63, 3.8) is 0 Å². The Labute approximate surface area is 72.5 Å².